The third kappa shape index (κ3) is 12.6. The number of carbonyl (C=O) groups excluding carboxylic acids is 3. The number of ketones is 1. The molecule has 3 aromatic carbocycles. The lowest BCUT2D eigenvalue weighted by molar-refractivity contribution is -0.153. The SMILES string of the molecule is CCOC(=O)Cc1ccc(OC/C=C/C#Cc2ccc(C#C/C=C/COc3ccc(CC(=O)C(=O)OCC)c(Cl)c3)cc2)c(Cl)c1. The molecule has 0 amide bonds. The van der Waals surface area contributed by atoms with Gasteiger partial charge in [-0.15, -0.1) is 0 Å². The molecule has 0 unspecified atom stereocenters. The molecule has 0 heterocycles. The van der Waals surface area contributed by atoms with Gasteiger partial charge in [0.15, 0.2) is 0 Å². The average Bonchev–Trinajstić information content (AvgIpc) is 3.03. The van der Waals surface area contributed by atoms with Crippen molar-refractivity contribution in [2.75, 3.05) is 26.4 Å². The van der Waals surface area contributed by atoms with Gasteiger partial charge < -0.3 is 18.9 Å². The van der Waals surface area contributed by atoms with Crippen LogP contribution in [-0.2, 0) is 36.7 Å². The molecule has 0 saturated carbocycles. The van der Waals surface area contributed by atoms with E-state index in [9.17, 15) is 14.4 Å². The highest BCUT2D eigenvalue weighted by Crippen LogP contribution is 2.26. The molecule has 236 valence electrons. The maximum absolute atomic E-state index is 11.9. The third-order valence-electron chi connectivity index (χ3n) is 5.93. The van der Waals surface area contributed by atoms with E-state index in [4.69, 9.17) is 42.1 Å². The van der Waals surface area contributed by atoms with Crippen LogP contribution in [0.25, 0.3) is 0 Å². The minimum absolute atomic E-state index is 0.136. The van der Waals surface area contributed by atoms with Crippen LogP contribution in [0.5, 0.6) is 11.5 Å². The lowest BCUT2D eigenvalue weighted by Gasteiger charge is -2.07. The summed E-state index contributed by atoms with van der Waals surface area (Å²) in [6, 6.07) is 17.7. The molecule has 0 bridgehead atoms. The van der Waals surface area contributed by atoms with E-state index >= 15 is 0 Å². The summed E-state index contributed by atoms with van der Waals surface area (Å²) in [5.74, 6) is 11.3. The van der Waals surface area contributed by atoms with E-state index in [1.54, 1.807) is 74.5 Å². The Morgan fingerprint density at radius 3 is 1.93 bits per heavy atom. The fourth-order valence-corrected chi connectivity index (χ4v) is 4.25. The van der Waals surface area contributed by atoms with Crippen molar-refractivity contribution in [3.05, 3.63) is 117 Å². The van der Waals surface area contributed by atoms with Gasteiger partial charge >= 0.3 is 11.9 Å². The summed E-state index contributed by atoms with van der Waals surface area (Å²) in [5, 5.41) is 0.751. The molecule has 0 spiro atoms. The van der Waals surface area contributed by atoms with Crippen molar-refractivity contribution in [3.8, 4) is 35.2 Å². The second-order valence-corrected chi connectivity index (χ2v) is 10.2. The van der Waals surface area contributed by atoms with Crippen LogP contribution in [0.1, 0.15) is 36.1 Å². The Labute approximate surface area is 279 Å². The average molecular weight is 660 g/mol. The van der Waals surface area contributed by atoms with E-state index in [0.29, 0.717) is 40.3 Å². The number of halogens is 2. The first kappa shape index (κ1) is 35.5. The van der Waals surface area contributed by atoms with Gasteiger partial charge in [-0.3, -0.25) is 9.59 Å². The number of hydrogen-bond acceptors (Lipinski definition) is 7. The molecule has 7 nitrogen and oxygen atoms in total. The first-order valence-corrected chi connectivity index (χ1v) is 15.2. The normalized spacial score (nSPS) is 10.4. The third-order valence-corrected chi connectivity index (χ3v) is 6.58. The van der Waals surface area contributed by atoms with Crippen molar-refractivity contribution in [1.29, 1.82) is 0 Å². The molecule has 0 aliphatic carbocycles. The zero-order valence-corrected chi connectivity index (χ0v) is 27.0. The Morgan fingerprint density at radius 1 is 0.717 bits per heavy atom. The predicted molar refractivity (Wildman–Crippen MR) is 178 cm³/mol. The highest BCUT2D eigenvalue weighted by Gasteiger charge is 2.17. The number of esters is 2. The molecule has 0 aliphatic rings. The molecule has 0 aromatic heterocycles. The Bertz CT molecular complexity index is 1700. The Kier molecular flexibility index (Phi) is 15.0. The van der Waals surface area contributed by atoms with Crippen LogP contribution < -0.4 is 9.47 Å². The minimum atomic E-state index is -0.873. The molecule has 9 heteroatoms. The molecule has 3 rings (SSSR count). The lowest BCUT2D eigenvalue weighted by Crippen LogP contribution is -2.19. The summed E-state index contributed by atoms with van der Waals surface area (Å²) in [5.41, 5.74) is 2.96. The topological polar surface area (TPSA) is 88.1 Å². The van der Waals surface area contributed by atoms with Gasteiger partial charge in [0.1, 0.15) is 24.7 Å². The Hall–Kier alpha value is -4.95. The number of rotatable bonds is 13. The van der Waals surface area contributed by atoms with Crippen LogP contribution in [0.2, 0.25) is 10.0 Å². The van der Waals surface area contributed by atoms with E-state index < -0.39 is 11.8 Å². The van der Waals surface area contributed by atoms with Gasteiger partial charge in [0.25, 0.3) is 0 Å². The van der Waals surface area contributed by atoms with Crippen molar-refractivity contribution in [2.45, 2.75) is 26.7 Å². The number of ether oxygens (including phenoxy) is 4. The van der Waals surface area contributed by atoms with Crippen molar-refractivity contribution in [1.82, 2.24) is 0 Å². The summed E-state index contributed by atoms with van der Waals surface area (Å²) >= 11 is 12.5. The smallest absolute Gasteiger partial charge is 0.374 e. The van der Waals surface area contributed by atoms with Gasteiger partial charge in [0.05, 0.1) is 24.7 Å². The van der Waals surface area contributed by atoms with Gasteiger partial charge in [-0.2, -0.15) is 0 Å². The maximum Gasteiger partial charge on any atom is 0.374 e. The van der Waals surface area contributed by atoms with Crippen LogP contribution in [0.15, 0.2) is 85.0 Å². The number of carbonyl (C=O) groups is 3. The van der Waals surface area contributed by atoms with Crippen LogP contribution in [0.3, 0.4) is 0 Å². The summed E-state index contributed by atoms with van der Waals surface area (Å²) in [6.07, 6.45) is 6.98. The molecule has 3 aromatic rings. The Morgan fingerprint density at radius 2 is 1.35 bits per heavy atom. The van der Waals surface area contributed by atoms with Crippen LogP contribution in [-0.4, -0.2) is 44.1 Å². The predicted octanol–water partition coefficient (Wildman–Crippen LogP) is 6.75. The molecule has 0 radical (unpaired) electrons. The van der Waals surface area contributed by atoms with Gasteiger partial charge in [-0.05, 0) is 97.8 Å². The number of allylic oxidation sites excluding steroid dienone is 2. The van der Waals surface area contributed by atoms with E-state index in [2.05, 4.69) is 23.7 Å². The first-order valence-electron chi connectivity index (χ1n) is 14.4. The Balaban J connectivity index is 1.39. The van der Waals surface area contributed by atoms with E-state index in [1.807, 2.05) is 24.3 Å². The fourth-order valence-electron chi connectivity index (χ4n) is 3.75. The minimum Gasteiger partial charge on any atom is -0.489 e. The monoisotopic (exact) mass is 658 g/mol. The second kappa shape index (κ2) is 19.4. The van der Waals surface area contributed by atoms with E-state index in [0.717, 1.165) is 16.7 Å². The number of benzene rings is 3. The first-order chi connectivity index (χ1) is 22.3. The van der Waals surface area contributed by atoms with Crippen LogP contribution in [0, 0.1) is 23.7 Å². The zero-order chi connectivity index (χ0) is 33.1. The van der Waals surface area contributed by atoms with Gasteiger partial charge in [-0.25, -0.2) is 4.79 Å². The summed E-state index contributed by atoms with van der Waals surface area (Å²) in [6.45, 7) is 4.44. The highest BCUT2D eigenvalue weighted by atomic mass is 35.5. The lowest BCUT2D eigenvalue weighted by atomic mass is 10.1. The molecule has 0 saturated heterocycles. The maximum atomic E-state index is 11.9. The summed E-state index contributed by atoms with van der Waals surface area (Å²) < 4.78 is 21.0. The van der Waals surface area contributed by atoms with E-state index in [1.165, 1.54) is 0 Å². The second-order valence-electron chi connectivity index (χ2n) is 9.36. The molecule has 0 aliphatic heterocycles. The molecular weight excluding hydrogens is 627 g/mol. The van der Waals surface area contributed by atoms with Gasteiger partial charge in [0, 0.05) is 22.6 Å². The van der Waals surface area contributed by atoms with Gasteiger partial charge in [-0.1, -0.05) is 59.0 Å². The summed E-state index contributed by atoms with van der Waals surface area (Å²) in [7, 11) is 0. The van der Waals surface area contributed by atoms with Crippen molar-refractivity contribution >= 4 is 40.9 Å². The van der Waals surface area contributed by atoms with Gasteiger partial charge in [0.2, 0.25) is 5.78 Å². The van der Waals surface area contributed by atoms with Crippen LogP contribution in [0.4, 0.5) is 0 Å². The highest BCUT2D eigenvalue weighted by molar-refractivity contribution is 6.36. The molecule has 46 heavy (non-hydrogen) atoms. The number of hydrogen-bond donors (Lipinski definition) is 0. The molecule has 0 fully saturated rings. The largest absolute Gasteiger partial charge is 0.489 e. The quantitative estimate of drug-likeness (QED) is 0.114. The fraction of sp³-hybridized carbons (Fsp3) is 0.216. The van der Waals surface area contributed by atoms with Crippen molar-refractivity contribution in [3.63, 3.8) is 0 Å². The van der Waals surface area contributed by atoms with Crippen molar-refractivity contribution in [2.24, 2.45) is 0 Å². The zero-order valence-electron chi connectivity index (χ0n) is 25.4. The molecular formula is C37H32Cl2O7. The summed E-state index contributed by atoms with van der Waals surface area (Å²) in [4.78, 5) is 35.0. The standard InChI is InChI=1S/C37H32Cl2O7/c1-3-43-36(41)24-29-17-20-35(33(39)23-29)46-22-10-6-8-12-28-15-13-27(14-16-28)11-7-5-9-21-45-31-19-18-30(32(38)26-31)25-34(40)37(42)44-4-2/h5-6,9-10,13-20,23,26H,3-4,21-22,24-25H2,1-2H3/b9-5+,10-6+. The van der Waals surface area contributed by atoms with Crippen molar-refractivity contribution < 1.29 is 33.3 Å². The van der Waals surface area contributed by atoms with E-state index in [-0.39, 0.29) is 32.0 Å². The van der Waals surface area contributed by atoms with Crippen LogP contribution >= 0.6 is 23.2 Å². The molecule has 0 N–H and O–H groups in total. The molecule has 0 atom stereocenters. The number of Topliss-reactive ketones (excluding diaryl/α,β-unsaturated/α-hetero) is 1.